The number of carbonyl (C=O) groups is 1. The monoisotopic (exact) mass is 489 g/mol. The van der Waals surface area contributed by atoms with E-state index in [-0.39, 0.29) is 27.0 Å². The summed E-state index contributed by atoms with van der Waals surface area (Å²) in [6.45, 7) is 18.7. The number of hydrogen-bond donors (Lipinski definition) is 5. The molecule has 1 atom stereocenters. The van der Waals surface area contributed by atoms with Gasteiger partial charge in [0.2, 0.25) is 5.91 Å². The summed E-state index contributed by atoms with van der Waals surface area (Å²) in [6.07, 6.45) is 3.44. The summed E-state index contributed by atoms with van der Waals surface area (Å²) in [4.78, 5) is 16.8. The van der Waals surface area contributed by atoms with Gasteiger partial charge in [-0.1, -0.05) is 41.5 Å². The van der Waals surface area contributed by atoms with Crippen LogP contribution < -0.4 is 21.7 Å². The van der Waals surface area contributed by atoms with Crippen LogP contribution in [0.5, 0.6) is 0 Å². The molecule has 0 saturated carbocycles. The minimum Gasteiger partial charge on any atom is -0.359 e. The normalized spacial score (nSPS) is 14.8. The fraction of sp³-hybridized carbons (Fsp3) is 0.917. The Morgan fingerprint density at radius 3 is 2.16 bits per heavy atom. The molecule has 0 aliphatic rings. The molecule has 0 saturated heterocycles. The summed E-state index contributed by atoms with van der Waals surface area (Å²) in [5.74, 6) is 2.58. The molecule has 32 heavy (non-hydrogen) atoms. The van der Waals surface area contributed by atoms with Gasteiger partial charge in [0.15, 0.2) is 5.96 Å². The van der Waals surface area contributed by atoms with Crippen LogP contribution in [0.4, 0.5) is 0 Å². The molecule has 0 radical (unpaired) electrons. The highest BCUT2D eigenvalue weighted by molar-refractivity contribution is 8.00. The van der Waals surface area contributed by atoms with E-state index < -0.39 is 6.04 Å². The predicted octanol–water partition coefficient (Wildman–Crippen LogP) is 4.06. The van der Waals surface area contributed by atoms with Crippen molar-refractivity contribution >= 4 is 36.3 Å². The van der Waals surface area contributed by atoms with Gasteiger partial charge in [-0.05, 0) is 61.9 Å². The van der Waals surface area contributed by atoms with Gasteiger partial charge in [-0.25, -0.2) is 0 Å². The molecule has 0 fully saturated rings. The predicted molar refractivity (Wildman–Crippen MR) is 147 cm³/mol. The van der Waals surface area contributed by atoms with Crippen LogP contribution in [0.25, 0.3) is 0 Å². The topological polar surface area (TPSA) is 91.5 Å². The molecule has 0 bridgehead atoms. The molecule has 0 aromatic heterocycles. The lowest BCUT2D eigenvalue weighted by molar-refractivity contribution is -0.124. The minimum atomic E-state index is -0.507. The zero-order valence-corrected chi connectivity index (χ0v) is 24.0. The van der Waals surface area contributed by atoms with E-state index in [0.29, 0.717) is 6.42 Å². The minimum absolute atomic E-state index is 0.0766. The number of thiol groups is 1. The van der Waals surface area contributed by atoms with Gasteiger partial charge >= 0.3 is 0 Å². The molecule has 0 aliphatic carbocycles. The second-order valence-corrected chi connectivity index (χ2v) is 13.8. The van der Waals surface area contributed by atoms with Gasteiger partial charge in [0, 0.05) is 30.9 Å². The summed E-state index contributed by atoms with van der Waals surface area (Å²) in [5, 5.41) is 9.34. The summed E-state index contributed by atoms with van der Waals surface area (Å²) in [6, 6.07) is -0.507. The second-order valence-electron chi connectivity index (χ2n) is 11.8. The lowest BCUT2D eigenvalue weighted by Gasteiger charge is -2.39. The maximum Gasteiger partial charge on any atom is 0.237 e. The third kappa shape index (κ3) is 13.8. The van der Waals surface area contributed by atoms with Crippen LogP contribution in [0, 0.1) is 10.8 Å². The van der Waals surface area contributed by atoms with Crippen molar-refractivity contribution in [3.05, 3.63) is 0 Å². The van der Waals surface area contributed by atoms with Crippen molar-refractivity contribution in [1.82, 2.24) is 16.0 Å². The molecule has 0 heterocycles. The lowest BCUT2D eigenvalue weighted by atomic mass is 9.81. The Kier molecular flexibility index (Phi) is 13.1. The number of rotatable bonds is 14. The first kappa shape index (κ1) is 31.4. The molecule has 190 valence electrons. The Hall–Kier alpha value is -0.600. The van der Waals surface area contributed by atoms with E-state index in [1.807, 2.05) is 18.8 Å². The van der Waals surface area contributed by atoms with Crippen molar-refractivity contribution in [3.63, 3.8) is 0 Å². The smallest absolute Gasteiger partial charge is 0.237 e. The third-order valence-electron chi connectivity index (χ3n) is 5.35. The zero-order valence-electron chi connectivity index (χ0n) is 22.3. The van der Waals surface area contributed by atoms with Crippen molar-refractivity contribution in [2.75, 3.05) is 32.1 Å². The summed E-state index contributed by atoms with van der Waals surface area (Å²) in [5.41, 5.74) is 6.15. The Bertz CT molecular complexity index is 603. The fourth-order valence-electron chi connectivity index (χ4n) is 4.31. The standard InChI is InChI=1S/C24H51N5OS2/c1-21(2,16-31)15-24(7,8)32-17-22(3,4)14-23(5,6)29-19(30)18(25)12-11-13-28-20(26-9)27-10/h18,31H,11-17,25H2,1-10H3,(H,29,30)(H2,26,27,28). The van der Waals surface area contributed by atoms with Crippen LogP contribution >= 0.6 is 24.4 Å². The number of carbonyl (C=O) groups excluding carboxylic acids is 1. The number of guanidine groups is 1. The first-order valence-electron chi connectivity index (χ1n) is 11.7. The molecule has 1 amide bonds. The molecule has 0 rings (SSSR count). The Balaban J connectivity index is 4.64. The van der Waals surface area contributed by atoms with E-state index in [9.17, 15) is 4.79 Å². The van der Waals surface area contributed by atoms with Crippen LogP contribution in [0.1, 0.15) is 81.1 Å². The van der Waals surface area contributed by atoms with Gasteiger partial charge in [0.05, 0.1) is 6.04 Å². The molecule has 0 spiro atoms. The molecule has 6 nitrogen and oxygen atoms in total. The molecule has 8 heteroatoms. The van der Waals surface area contributed by atoms with Crippen molar-refractivity contribution < 1.29 is 4.79 Å². The van der Waals surface area contributed by atoms with Crippen LogP contribution in [-0.2, 0) is 4.79 Å². The summed E-state index contributed by atoms with van der Waals surface area (Å²) in [7, 11) is 3.55. The third-order valence-corrected chi connectivity index (χ3v) is 8.06. The van der Waals surface area contributed by atoms with Gasteiger partial charge in [0.1, 0.15) is 0 Å². The molecular formula is C24H51N5OS2. The summed E-state index contributed by atoms with van der Waals surface area (Å²) < 4.78 is 0.183. The van der Waals surface area contributed by atoms with Gasteiger partial charge in [-0.3, -0.25) is 9.79 Å². The molecule has 5 N–H and O–H groups in total. The van der Waals surface area contributed by atoms with Crippen LogP contribution in [0.15, 0.2) is 4.99 Å². The Labute approximate surface area is 207 Å². The van der Waals surface area contributed by atoms with Gasteiger partial charge in [-0.2, -0.15) is 24.4 Å². The molecule has 0 aliphatic heterocycles. The van der Waals surface area contributed by atoms with Gasteiger partial charge in [-0.15, -0.1) is 0 Å². The average Bonchev–Trinajstić information content (AvgIpc) is 2.64. The van der Waals surface area contributed by atoms with E-state index in [4.69, 9.17) is 5.73 Å². The van der Waals surface area contributed by atoms with Crippen LogP contribution in [0.3, 0.4) is 0 Å². The highest BCUT2D eigenvalue weighted by atomic mass is 32.2. The fourth-order valence-corrected chi connectivity index (χ4v) is 5.80. The van der Waals surface area contributed by atoms with E-state index in [1.54, 1.807) is 7.05 Å². The maximum absolute atomic E-state index is 12.7. The molecule has 1 unspecified atom stereocenters. The number of nitrogens with one attached hydrogen (secondary N) is 3. The number of nitrogens with zero attached hydrogens (tertiary/aromatic N) is 1. The van der Waals surface area contributed by atoms with Crippen molar-refractivity contribution in [1.29, 1.82) is 0 Å². The van der Waals surface area contributed by atoms with Crippen LogP contribution in [0.2, 0.25) is 0 Å². The number of nitrogens with two attached hydrogens (primary N) is 1. The number of thioether (sulfide) groups is 1. The second kappa shape index (κ2) is 13.3. The highest BCUT2D eigenvalue weighted by Crippen LogP contribution is 2.42. The first-order valence-corrected chi connectivity index (χ1v) is 13.3. The Morgan fingerprint density at radius 2 is 1.66 bits per heavy atom. The van der Waals surface area contributed by atoms with Gasteiger partial charge in [0.25, 0.3) is 0 Å². The molecule has 0 aromatic carbocycles. The SMILES string of the molecule is CN=C(NC)NCCCC(N)C(=O)NC(C)(C)CC(C)(C)CSC(C)(C)CC(C)(C)CS. The van der Waals surface area contributed by atoms with E-state index in [2.05, 4.69) is 89.0 Å². The van der Waals surface area contributed by atoms with E-state index >= 15 is 0 Å². The van der Waals surface area contributed by atoms with Crippen molar-refractivity contribution in [3.8, 4) is 0 Å². The average molecular weight is 490 g/mol. The highest BCUT2D eigenvalue weighted by Gasteiger charge is 2.34. The Morgan fingerprint density at radius 1 is 1.06 bits per heavy atom. The van der Waals surface area contributed by atoms with Crippen molar-refractivity contribution in [2.45, 2.75) is 97.4 Å². The molecular weight excluding hydrogens is 438 g/mol. The quantitative estimate of drug-likeness (QED) is 0.110. The molecule has 0 aromatic rings. The lowest BCUT2D eigenvalue weighted by Crippen LogP contribution is -2.52. The maximum atomic E-state index is 12.7. The largest absolute Gasteiger partial charge is 0.359 e. The number of hydrogen-bond acceptors (Lipinski definition) is 5. The first-order chi connectivity index (χ1) is 14.5. The number of aliphatic imine (C=N–C) groups is 1. The van der Waals surface area contributed by atoms with Crippen LogP contribution in [-0.4, -0.2) is 60.3 Å². The van der Waals surface area contributed by atoms with E-state index in [1.165, 1.54) is 0 Å². The van der Waals surface area contributed by atoms with E-state index in [0.717, 1.165) is 43.3 Å². The van der Waals surface area contributed by atoms with Crippen molar-refractivity contribution in [2.24, 2.45) is 21.6 Å². The zero-order chi connectivity index (χ0) is 25.2. The number of amides is 1. The van der Waals surface area contributed by atoms with Gasteiger partial charge < -0.3 is 21.7 Å². The summed E-state index contributed by atoms with van der Waals surface area (Å²) >= 11 is 6.54.